The first-order chi connectivity index (χ1) is 18.5. The van der Waals surface area contributed by atoms with Gasteiger partial charge in [-0.25, -0.2) is 15.0 Å². The number of nitrogens with zero attached hydrogens (tertiary/aromatic N) is 4. The van der Waals surface area contributed by atoms with Gasteiger partial charge in [0.2, 0.25) is 0 Å². The molecule has 0 saturated carbocycles. The SMILES string of the molecule is Nc1ncnc2c1ncn2Cc1cc(Cl)cc2cc(CNC(=O)c3ccccc3OC3CCOCC3)[nH]c12. The molecule has 1 aliphatic rings. The second-order valence-electron chi connectivity index (χ2n) is 9.24. The summed E-state index contributed by atoms with van der Waals surface area (Å²) in [6, 6.07) is 13.1. The molecule has 4 heterocycles. The molecule has 0 bridgehead atoms. The van der Waals surface area contributed by atoms with E-state index in [2.05, 4.69) is 25.3 Å². The predicted octanol–water partition coefficient (Wildman–Crippen LogP) is 4.08. The van der Waals surface area contributed by atoms with Gasteiger partial charge in [-0.3, -0.25) is 4.79 Å². The number of benzene rings is 2. The number of aromatic nitrogens is 5. The highest BCUT2D eigenvalue weighted by Crippen LogP contribution is 2.27. The summed E-state index contributed by atoms with van der Waals surface area (Å²) in [6.07, 6.45) is 4.78. The first kappa shape index (κ1) is 24.2. The number of fused-ring (bicyclic) bond motifs is 2. The van der Waals surface area contributed by atoms with Gasteiger partial charge in [-0.05, 0) is 35.9 Å². The van der Waals surface area contributed by atoms with Crippen molar-refractivity contribution in [3.05, 3.63) is 77.0 Å². The Morgan fingerprint density at radius 3 is 2.89 bits per heavy atom. The second-order valence-corrected chi connectivity index (χ2v) is 9.67. The van der Waals surface area contributed by atoms with Gasteiger partial charge >= 0.3 is 0 Å². The molecule has 6 rings (SSSR count). The highest BCUT2D eigenvalue weighted by atomic mass is 35.5. The zero-order valence-electron chi connectivity index (χ0n) is 20.5. The Morgan fingerprint density at radius 2 is 2.03 bits per heavy atom. The maximum absolute atomic E-state index is 13.1. The lowest BCUT2D eigenvalue weighted by molar-refractivity contribution is 0.0252. The Kier molecular flexibility index (Phi) is 6.57. The molecule has 1 saturated heterocycles. The number of hydrogen-bond acceptors (Lipinski definition) is 7. The Balaban J connectivity index is 1.20. The number of nitrogens with two attached hydrogens (primary N) is 1. The van der Waals surface area contributed by atoms with Crippen LogP contribution in [-0.2, 0) is 17.8 Å². The number of nitrogens with one attached hydrogen (secondary N) is 2. The van der Waals surface area contributed by atoms with Gasteiger partial charge in [-0.15, -0.1) is 0 Å². The third-order valence-corrected chi connectivity index (χ3v) is 6.85. The molecule has 10 nitrogen and oxygen atoms in total. The summed E-state index contributed by atoms with van der Waals surface area (Å²) < 4.78 is 13.4. The number of carbonyl (C=O) groups excluding carboxylic acids is 1. The van der Waals surface area contributed by atoms with Gasteiger partial charge in [0.25, 0.3) is 5.91 Å². The fourth-order valence-corrected chi connectivity index (χ4v) is 5.01. The van der Waals surface area contributed by atoms with Crippen LogP contribution in [0.2, 0.25) is 5.02 Å². The lowest BCUT2D eigenvalue weighted by atomic mass is 10.1. The minimum absolute atomic E-state index is 0.0464. The molecule has 0 spiro atoms. The summed E-state index contributed by atoms with van der Waals surface area (Å²) in [5.74, 6) is 0.717. The first-order valence-electron chi connectivity index (χ1n) is 12.4. The zero-order chi connectivity index (χ0) is 26.1. The summed E-state index contributed by atoms with van der Waals surface area (Å²) in [4.78, 5) is 29.2. The number of amides is 1. The highest BCUT2D eigenvalue weighted by molar-refractivity contribution is 6.31. The van der Waals surface area contributed by atoms with Gasteiger partial charge in [0, 0.05) is 28.9 Å². The van der Waals surface area contributed by atoms with Crippen molar-refractivity contribution in [2.24, 2.45) is 0 Å². The smallest absolute Gasteiger partial charge is 0.255 e. The lowest BCUT2D eigenvalue weighted by Gasteiger charge is -2.24. The molecule has 38 heavy (non-hydrogen) atoms. The topological polar surface area (TPSA) is 133 Å². The minimum Gasteiger partial charge on any atom is -0.489 e. The fourth-order valence-electron chi connectivity index (χ4n) is 4.76. The van der Waals surface area contributed by atoms with Crippen molar-refractivity contribution in [2.75, 3.05) is 18.9 Å². The number of halogens is 1. The minimum atomic E-state index is -0.202. The molecule has 1 amide bonds. The van der Waals surface area contributed by atoms with Crippen molar-refractivity contribution < 1.29 is 14.3 Å². The van der Waals surface area contributed by atoms with Crippen LogP contribution in [-0.4, -0.2) is 49.7 Å². The van der Waals surface area contributed by atoms with Crippen molar-refractivity contribution in [1.29, 1.82) is 0 Å². The molecule has 4 N–H and O–H groups in total. The Labute approximate surface area is 223 Å². The molecule has 1 aliphatic heterocycles. The van der Waals surface area contributed by atoms with E-state index in [4.69, 9.17) is 26.8 Å². The molecule has 0 atom stereocenters. The van der Waals surface area contributed by atoms with Crippen LogP contribution in [0.5, 0.6) is 5.75 Å². The number of anilines is 1. The Morgan fingerprint density at radius 1 is 1.18 bits per heavy atom. The fraction of sp³-hybridized carbons (Fsp3) is 0.259. The quantitative estimate of drug-likeness (QED) is 0.288. The van der Waals surface area contributed by atoms with E-state index in [1.54, 1.807) is 12.4 Å². The Bertz CT molecular complexity index is 1620. The average Bonchev–Trinajstić information content (AvgIpc) is 3.53. The molecule has 2 aromatic carbocycles. The second kappa shape index (κ2) is 10.3. The van der Waals surface area contributed by atoms with E-state index >= 15 is 0 Å². The van der Waals surface area contributed by atoms with Crippen LogP contribution in [0.25, 0.3) is 22.1 Å². The molecule has 0 aliphatic carbocycles. The van der Waals surface area contributed by atoms with E-state index in [1.165, 1.54) is 6.33 Å². The largest absolute Gasteiger partial charge is 0.489 e. The summed E-state index contributed by atoms with van der Waals surface area (Å²) in [6.45, 7) is 2.13. The van der Waals surface area contributed by atoms with Crippen LogP contribution in [0, 0.1) is 0 Å². The first-order valence-corrected chi connectivity index (χ1v) is 12.8. The van der Waals surface area contributed by atoms with E-state index in [0.717, 1.165) is 35.0 Å². The highest BCUT2D eigenvalue weighted by Gasteiger charge is 2.19. The molecule has 1 fully saturated rings. The van der Waals surface area contributed by atoms with Crippen LogP contribution in [0.1, 0.15) is 34.5 Å². The van der Waals surface area contributed by atoms with Crippen LogP contribution in [0.4, 0.5) is 5.82 Å². The van der Waals surface area contributed by atoms with Crippen LogP contribution >= 0.6 is 11.6 Å². The summed E-state index contributed by atoms with van der Waals surface area (Å²) >= 11 is 6.45. The zero-order valence-corrected chi connectivity index (χ0v) is 21.2. The molecule has 0 unspecified atom stereocenters. The van der Waals surface area contributed by atoms with E-state index in [9.17, 15) is 4.79 Å². The maximum atomic E-state index is 13.1. The van der Waals surface area contributed by atoms with Gasteiger partial charge in [-0.2, -0.15) is 0 Å². The lowest BCUT2D eigenvalue weighted by Crippen LogP contribution is -2.28. The monoisotopic (exact) mass is 531 g/mol. The van der Waals surface area contributed by atoms with Crippen molar-refractivity contribution >= 4 is 45.4 Å². The standard InChI is InChI=1S/C27H26ClN7O3/c28-18-9-16-11-19(12-30-27(36)21-3-1-2-4-22(21)38-20-5-7-37-8-6-20)34-23(16)17(10-18)13-35-15-33-24-25(29)31-14-32-26(24)35/h1-4,9-11,14-15,20,34H,5-8,12-13H2,(H,30,36)(H2,29,31,32). The normalized spacial score (nSPS) is 14.2. The van der Waals surface area contributed by atoms with E-state index in [0.29, 0.717) is 59.6 Å². The molecule has 3 aromatic heterocycles. The van der Waals surface area contributed by atoms with Gasteiger partial charge in [0.1, 0.15) is 23.7 Å². The van der Waals surface area contributed by atoms with Crippen LogP contribution in [0.3, 0.4) is 0 Å². The number of para-hydroxylation sites is 1. The third kappa shape index (κ3) is 4.88. The number of hydrogen-bond donors (Lipinski definition) is 3. The number of rotatable bonds is 7. The van der Waals surface area contributed by atoms with Crippen molar-refractivity contribution in [3.8, 4) is 5.75 Å². The van der Waals surface area contributed by atoms with Crippen molar-refractivity contribution in [2.45, 2.75) is 32.0 Å². The van der Waals surface area contributed by atoms with E-state index in [1.807, 2.05) is 41.0 Å². The average molecular weight is 532 g/mol. The van der Waals surface area contributed by atoms with Crippen LogP contribution < -0.4 is 15.8 Å². The van der Waals surface area contributed by atoms with E-state index < -0.39 is 0 Å². The number of aromatic amines is 1. The number of imidazole rings is 1. The summed E-state index contributed by atoms with van der Waals surface area (Å²) in [7, 11) is 0. The van der Waals surface area contributed by atoms with Gasteiger partial charge < -0.3 is 30.1 Å². The number of carbonyl (C=O) groups is 1. The number of H-pyrrole nitrogens is 1. The molecular formula is C27H26ClN7O3. The maximum Gasteiger partial charge on any atom is 0.255 e. The van der Waals surface area contributed by atoms with Crippen LogP contribution in [0.15, 0.2) is 55.1 Å². The molecule has 194 valence electrons. The molecule has 0 radical (unpaired) electrons. The predicted molar refractivity (Wildman–Crippen MR) is 144 cm³/mol. The molecular weight excluding hydrogens is 506 g/mol. The van der Waals surface area contributed by atoms with Crippen molar-refractivity contribution in [3.63, 3.8) is 0 Å². The summed E-state index contributed by atoms with van der Waals surface area (Å²) in [5, 5.41) is 4.56. The van der Waals surface area contributed by atoms with Crippen molar-refractivity contribution in [1.82, 2.24) is 29.8 Å². The van der Waals surface area contributed by atoms with E-state index in [-0.39, 0.29) is 12.0 Å². The Hall–Kier alpha value is -4.15. The number of nitrogen functional groups attached to an aromatic ring is 1. The van der Waals surface area contributed by atoms with Gasteiger partial charge in [-0.1, -0.05) is 23.7 Å². The third-order valence-electron chi connectivity index (χ3n) is 6.63. The van der Waals surface area contributed by atoms with Gasteiger partial charge in [0.15, 0.2) is 11.5 Å². The molecule has 5 aromatic rings. The molecule has 11 heteroatoms. The van der Waals surface area contributed by atoms with Gasteiger partial charge in [0.05, 0.1) is 43.7 Å². The number of ether oxygens (including phenoxy) is 2. The summed E-state index contributed by atoms with van der Waals surface area (Å²) in [5.41, 5.74) is 10.4.